The summed E-state index contributed by atoms with van der Waals surface area (Å²) in [6.45, 7) is 4.18. The summed E-state index contributed by atoms with van der Waals surface area (Å²) in [5, 5.41) is 8.92. The maximum Gasteiger partial charge on any atom is 0.272 e. The molecule has 0 aliphatic carbocycles. The monoisotopic (exact) mass is 472 g/mol. The zero-order chi connectivity index (χ0) is 22.6. The highest BCUT2D eigenvalue weighted by Crippen LogP contribution is 2.32. The SMILES string of the molecule is C=CCn1c(SCc2nnc(Cc3ccccc3)o2)nc2cc(-c3ccccc3)sc2c1=O. The van der Waals surface area contributed by atoms with E-state index >= 15 is 0 Å². The Kier molecular flexibility index (Phi) is 6.19. The molecule has 8 heteroatoms. The van der Waals surface area contributed by atoms with Crippen molar-refractivity contribution in [2.75, 3.05) is 0 Å². The number of benzene rings is 2. The van der Waals surface area contributed by atoms with Crippen LogP contribution in [0.15, 0.2) is 93.8 Å². The minimum absolute atomic E-state index is 0.0649. The van der Waals surface area contributed by atoms with Gasteiger partial charge in [0.25, 0.3) is 5.56 Å². The van der Waals surface area contributed by atoms with Crippen molar-refractivity contribution in [1.29, 1.82) is 0 Å². The average Bonchev–Trinajstić information content (AvgIpc) is 3.48. The number of rotatable bonds is 8. The molecule has 5 aromatic rings. The Bertz CT molecular complexity index is 1460. The van der Waals surface area contributed by atoms with Gasteiger partial charge in [-0.15, -0.1) is 28.1 Å². The van der Waals surface area contributed by atoms with E-state index < -0.39 is 0 Å². The van der Waals surface area contributed by atoms with Gasteiger partial charge in [0.2, 0.25) is 11.8 Å². The molecule has 0 radical (unpaired) electrons. The molecule has 0 spiro atoms. The molecule has 0 amide bonds. The second-order valence-electron chi connectivity index (χ2n) is 7.33. The van der Waals surface area contributed by atoms with Crippen LogP contribution < -0.4 is 5.56 Å². The van der Waals surface area contributed by atoms with Gasteiger partial charge in [-0.05, 0) is 17.2 Å². The summed E-state index contributed by atoms with van der Waals surface area (Å²) in [4.78, 5) is 19.0. The molecule has 5 rings (SSSR count). The Morgan fingerprint density at radius 2 is 1.76 bits per heavy atom. The van der Waals surface area contributed by atoms with Gasteiger partial charge in [-0.3, -0.25) is 9.36 Å². The van der Waals surface area contributed by atoms with Gasteiger partial charge in [0.1, 0.15) is 4.70 Å². The molecule has 0 fully saturated rings. The third-order valence-electron chi connectivity index (χ3n) is 5.00. The van der Waals surface area contributed by atoms with Crippen LogP contribution in [0.3, 0.4) is 0 Å². The Morgan fingerprint density at radius 3 is 2.52 bits per heavy atom. The molecule has 0 unspecified atom stereocenters. The van der Waals surface area contributed by atoms with Gasteiger partial charge < -0.3 is 4.42 Å². The van der Waals surface area contributed by atoms with Crippen molar-refractivity contribution in [1.82, 2.24) is 19.7 Å². The summed E-state index contributed by atoms with van der Waals surface area (Å²) in [6.07, 6.45) is 2.29. The number of nitrogens with zero attached hydrogens (tertiary/aromatic N) is 4. The van der Waals surface area contributed by atoms with Crippen molar-refractivity contribution >= 4 is 33.3 Å². The molecule has 0 bridgehead atoms. The fourth-order valence-corrected chi connectivity index (χ4v) is 5.35. The Hall–Kier alpha value is -3.49. The molecule has 0 saturated carbocycles. The van der Waals surface area contributed by atoms with E-state index in [0.29, 0.717) is 45.9 Å². The zero-order valence-corrected chi connectivity index (χ0v) is 19.3. The number of thioether (sulfide) groups is 1. The summed E-state index contributed by atoms with van der Waals surface area (Å²) in [7, 11) is 0. The van der Waals surface area contributed by atoms with Crippen LogP contribution in [0.5, 0.6) is 0 Å². The minimum atomic E-state index is -0.0649. The molecule has 0 N–H and O–H groups in total. The van der Waals surface area contributed by atoms with Crippen molar-refractivity contribution in [2.24, 2.45) is 0 Å². The number of hydrogen-bond acceptors (Lipinski definition) is 7. The molecule has 3 aromatic heterocycles. The predicted molar refractivity (Wildman–Crippen MR) is 133 cm³/mol. The van der Waals surface area contributed by atoms with Crippen LogP contribution >= 0.6 is 23.1 Å². The third-order valence-corrected chi connectivity index (χ3v) is 7.12. The van der Waals surface area contributed by atoms with Crippen molar-refractivity contribution < 1.29 is 4.42 Å². The number of aromatic nitrogens is 4. The van der Waals surface area contributed by atoms with Crippen molar-refractivity contribution in [3.8, 4) is 10.4 Å². The van der Waals surface area contributed by atoms with E-state index in [1.807, 2.05) is 66.7 Å². The second-order valence-corrected chi connectivity index (χ2v) is 9.33. The fourth-order valence-electron chi connectivity index (χ4n) is 3.45. The fraction of sp³-hybridized carbons (Fsp3) is 0.120. The van der Waals surface area contributed by atoms with Gasteiger partial charge in [0.05, 0.1) is 17.7 Å². The van der Waals surface area contributed by atoms with Crippen LogP contribution in [0, 0.1) is 0 Å². The lowest BCUT2D eigenvalue weighted by molar-refractivity contribution is 0.473. The highest BCUT2D eigenvalue weighted by Gasteiger charge is 2.16. The maximum absolute atomic E-state index is 13.2. The number of fused-ring (bicyclic) bond motifs is 1. The van der Waals surface area contributed by atoms with Crippen LogP contribution in [0.2, 0.25) is 0 Å². The molecule has 6 nitrogen and oxygen atoms in total. The molecule has 33 heavy (non-hydrogen) atoms. The Balaban J connectivity index is 1.41. The van der Waals surface area contributed by atoms with E-state index in [1.54, 1.807) is 10.6 Å². The van der Waals surface area contributed by atoms with Crippen LogP contribution in [-0.2, 0) is 18.7 Å². The molecule has 0 aliphatic rings. The normalized spacial score (nSPS) is 11.2. The first-order valence-corrected chi connectivity index (χ1v) is 12.2. The maximum atomic E-state index is 13.2. The van der Waals surface area contributed by atoms with Gasteiger partial charge in [-0.1, -0.05) is 78.5 Å². The lowest BCUT2D eigenvalue weighted by Gasteiger charge is -2.08. The van der Waals surface area contributed by atoms with E-state index in [9.17, 15) is 4.79 Å². The first-order chi connectivity index (χ1) is 16.2. The van der Waals surface area contributed by atoms with E-state index in [0.717, 1.165) is 16.0 Å². The van der Waals surface area contributed by atoms with E-state index in [2.05, 4.69) is 16.8 Å². The lowest BCUT2D eigenvalue weighted by atomic mass is 10.2. The van der Waals surface area contributed by atoms with Gasteiger partial charge >= 0.3 is 0 Å². The molecule has 164 valence electrons. The topological polar surface area (TPSA) is 73.8 Å². The van der Waals surface area contributed by atoms with Crippen LogP contribution in [0.1, 0.15) is 17.3 Å². The Labute approximate surface area is 198 Å². The molecule has 0 aliphatic heterocycles. The summed E-state index contributed by atoms with van der Waals surface area (Å²) in [5.74, 6) is 1.49. The van der Waals surface area contributed by atoms with Crippen molar-refractivity contribution in [2.45, 2.75) is 23.9 Å². The number of thiophene rings is 1. The summed E-state index contributed by atoms with van der Waals surface area (Å²) < 4.78 is 8.10. The quantitative estimate of drug-likeness (QED) is 0.167. The molecule has 3 heterocycles. The summed E-state index contributed by atoms with van der Waals surface area (Å²) >= 11 is 2.87. The van der Waals surface area contributed by atoms with Gasteiger partial charge in [-0.2, -0.15) is 0 Å². The van der Waals surface area contributed by atoms with Crippen LogP contribution in [-0.4, -0.2) is 19.7 Å². The lowest BCUT2D eigenvalue weighted by Crippen LogP contribution is -2.21. The van der Waals surface area contributed by atoms with Gasteiger partial charge in [-0.25, -0.2) is 4.98 Å². The molecule has 0 atom stereocenters. The smallest absolute Gasteiger partial charge is 0.272 e. The minimum Gasteiger partial charge on any atom is -0.424 e. The highest BCUT2D eigenvalue weighted by atomic mass is 32.2. The van der Waals surface area contributed by atoms with Gasteiger partial charge in [0, 0.05) is 11.4 Å². The van der Waals surface area contributed by atoms with Crippen molar-refractivity contribution in [3.63, 3.8) is 0 Å². The van der Waals surface area contributed by atoms with E-state index in [-0.39, 0.29) is 5.56 Å². The predicted octanol–water partition coefficient (Wildman–Crippen LogP) is 5.58. The first kappa shape index (κ1) is 21.4. The molecular formula is C25H20N4O2S2. The third kappa shape index (κ3) is 4.67. The standard InChI is InChI=1S/C25H20N4O2S2/c1-2-13-29-24(30)23-19(15-20(33-23)18-11-7-4-8-12-18)26-25(29)32-16-22-28-27-21(31-22)14-17-9-5-3-6-10-17/h2-12,15H,1,13-14,16H2. The van der Waals surface area contributed by atoms with E-state index in [1.165, 1.54) is 23.1 Å². The molecular weight excluding hydrogens is 452 g/mol. The zero-order valence-electron chi connectivity index (χ0n) is 17.7. The largest absolute Gasteiger partial charge is 0.424 e. The van der Waals surface area contributed by atoms with E-state index in [4.69, 9.17) is 9.40 Å². The Morgan fingerprint density at radius 1 is 1.03 bits per heavy atom. The molecule has 0 saturated heterocycles. The van der Waals surface area contributed by atoms with Crippen molar-refractivity contribution in [3.05, 3.63) is 107 Å². The summed E-state index contributed by atoms with van der Waals surface area (Å²) in [6, 6.07) is 22.0. The average molecular weight is 473 g/mol. The first-order valence-electron chi connectivity index (χ1n) is 10.4. The second kappa shape index (κ2) is 9.56. The van der Waals surface area contributed by atoms with Crippen LogP contribution in [0.4, 0.5) is 0 Å². The van der Waals surface area contributed by atoms with Crippen LogP contribution in [0.25, 0.3) is 20.7 Å². The highest BCUT2D eigenvalue weighted by molar-refractivity contribution is 7.98. The number of allylic oxidation sites excluding steroid dienone is 1. The summed E-state index contributed by atoms with van der Waals surface area (Å²) in [5.41, 5.74) is 2.81. The van der Waals surface area contributed by atoms with Gasteiger partial charge in [0.15, 0.2) is 5.16 Å². The number of hydrogen-bond donors (Lipinski definition) is 0. The molecule has 2 aromatic carbocycles.